The standard InChI is InChI=1S/C12H18ClNO3S/c1-3-10-6-11(4-5-12(10)13)17-7-9(2)8-18(14,15)16/h4-6,9H,3,7-8H2,1-2H3,(H2,14,15,16). The molecule has 0 saturated heterocycles. The van der Waals surface area contributed by atoms with Crippen molar-refractivity contribution >= 4 is 21.6 Å². The van der Waals surface area contributed by atoms with Gasteiger partial charge in [0.25, 0.3) is 0 Å². The number of benzene rings is 1. The Morgan fingerprint density at radius 1 is 1.44 bits per heavy atom. The molecule has 4 nitrogen and oxygen atoms in total. The third kappa shape index (κ3) is 5.25. The molecule has 0 aliphatic heterocycles. The van der Waals surface area contributed by atoms with Crippen LogP contribution in [0.4, 0.5) is 0 Å². The highest BCUT2D eigenvalue weighted by molar-refractivity contribution is 7.89. The van der Waals surface area contributed by atoms with Gasteiger partial charge >= 0.3 is 0 Å². The van der Waals surface area contributed by atoms with Gasteiger partial charge in [-0.3, -0.25) is 0 Å². The van der Waals surface area contributed by atoms with Gasteiger partial charge in [-0.25, -0.2) is 13.6 Å². The largest absolute Gasteiger partial charge is 0.493 e. The first-order valence-electron chi connectivity index (χ1n) is 5.73. The van der Waals surface area contributed by atoms with Gasteiger partial charge in [-0.15, -0.1) is 0 Å². The van der Waals surface area contributed by atoms with Crippen molar-refractivity contribution in [1.82, 2.24) is 0 Å². The fraction of sp³-hybridized carbons (Fsp3) is 0.500. The lowest BCUT2D eigenvalue weighted by Gasteiger charge is -2.13. The average Bonchev–Trinajstić information content (AvgIpc) is 2.25. The summed E-state index contributed by atoms with van der Waals surface area (Å²) in [6.45, 7) is 4.09. The van der Waals surface area contributed by atoms with E-state index >= 15 is 0 Å². The van der Waals surface area contributed by atoms with Crippen LogP contribution < -0.4 is 9.88 Å². The molecule has 6 heteroatoms. The summed E-state index contributed by atoms with van der Waals surface area (Å²) in [5.41, 5.74) is 1.01. The van der Waals surface area contributed by atoms with Crippen LogP contribution in [0, 0.1) is 5.92 Å². The number of ether oxygens (including phenoxy) is 1. The second-order valence-electron chi connectivity index (χ2n) is 4.35. The van der Waals surface area contributed by atoms with Crippen LogP contribution in [0.2, 0.25) is 5.02 Å². The van der Waals surface area contributed by atoms with Crippen molar-refractivity contribution < 1.29 is 13.2 Å². The summed E-state index contributed by atoms with van der Waals surface area (Å²) in [5.74, 6) is 0.458. The van der Waals surface area contributed by atoms with Crippen molar-refractivity contribution in [3.05, 3.63) is 28.8 Å². The predicted molar refractivity (Wildman–Crippen MR) is 73.5 cm³/mol. The van der Waals surface area contributed by atoms with Gasteiger partial charge in [-0.1, -0.05) is 25.4 Å². The van der Waals surface area contributed by atoms with Crippen LogP contribution in [0.15, 0.2) is 18.2 Å². The second-order valence-corrected chi connectivity index (χ2v) is 6.42. The summed E-state index contributed by atoms with van der Waals surface area (Å²) >= 11 is 5.99. The minimum absolute atomic E-state index is 0.0821. The smallest absolute Gasteiger partial charge is 0.209 e. The van der Waals surface area contributed by atoms with Crippen LogP contribution in [0.25, 0.3) is 0 Å². The summed E-state index contributed by atoms with van der Waals surface area (Å²) in [7, 11) is -3.45. The van der Waals surface area contributed by atoms with Crippen LogP contribution in [0.1, 0.15) is 19.4 Å². The van der Waals surface area contributed by atoms with E-state index in [1.54, 1.807) is 19.1 Å². The Kier molecular flexibility index (Phi) is 5.44. The lowest BCUT2D eigenvalue weighted by atomic mass is 10.1. The maximum absolute atomic E-state index is 10.9. The first kappa shape index (κ1) is 15.3. The summed E-state index contributed by atoms with van der Waals surface area (Å²) in [4.78, 5) is 0. The van der Waals surface area contributed by atoms with Gasteiger partial charge < -0.3 is 4.74 Å². The Morgan fingerprint density at radius 2 is 2.11 bits per heavy atom. The fourth-order valence-electron chi connectivity index (χ4n) is 1.60. The van der Waals surface area contributed by atoms with E-state index in [2.05, 4.69) is 0 Å². The number of primary sulfonamides is 1. The highest BCUT2D eigenvalue weighted by Gasteiger charge is 2.12. The van der Waals surface area contributed by atoms with Gasteiger partial charge in [0, 0.05) is 10.9 Å². The van der Waals surface area contributed by atoms with E-state index in [1.165, 1.54) is 0 Å². The van der Waals surface area contributed by atoms with Crippen molar-refractivity contribution in [2.24, 2.45) is 11.1 Å². The van der Waals surface area contributed by atoms with E-state index in [-0.39, 0.29) is 11.7 Å². The number of sulfonamides is 1. The third-order valence-corrected chi connectivity index (χ3v) is 3.85. The summed E-state index contributed by atoms with van der Waals surface area (Å²) in [6.07, 6.45) is 0.822. The van der Waals surface area contributed by atoms with Crippen LogP contribution >= 0.6 is 11.6 Å². The minimum Gasteiger partial charge on any atom is -0.493 e. The topological polar surface area (TPSA) is 69.4 Å². The monoisotopic (exact) mass is 291 g/mol. The maximum Gasteiger partial charge on any atom is 0.209 e. The van der Waals surface area contributed by atoms with E-state index in [1.807, 2.05) is 13.0 Å². The van der Waals surface area contributed by atoms with Crippen molar-refractivity contribution in [2.75, 3.05) is 12.4 Å². The zero-order valence-corrected chi connectivity index (χ0v) is 12.1. The SMILES string of the molecule is CCc1cc(OCC(C)CS(N)(=O)=O)ccc1Cl. The Balaban J connectivity index is 2.58. The van der Waals surface area contributed by atoms with Gasteiger partial charge in [0.1, 0.15) is 5.75 Å². The third-order valence-electron chi connectivity index (χ3n) is 2.45. The van der Waals surface area contributed by atoms with Crippen LogP contribution in [-0.2, 0) is 16.4 Å². The first-order valence-corrected chi connectivity index (χ1v) is 7.83. The van der Waals surface area contributed by atoms with Crippen molar-refractivity contribution in [3.8, 4) is 5.75 Å². The molecule has 0 fully saturated rings. The molecule has 0 aliphatic carbocycles. The molecule has 1 aromatic carbocycles. The molecule has 1 rings (SSSR count). The molecule has 1 aromatic rings. The predicted octanol–water partition coefficient (Wildman–Crippen LogP) is 2.21. The van der Waals surface area contributed by atoms with Gasteiger partial charge in [0.2, 0.25) is 10.0 Å². The minimum atomic E-state index is -3.45. The Hall–Kier alpha value is -0.780. The molecule has 18 heavy (non-hydrogen) atoms. The van der Waals surface area contributed by atoms with Crippen molar-refractivity contribution in [2.45, 2.75) is 20.3 Å². The lowest BCUT2D eigenvalue weighted by molar-refractivity contribution is 0.271. The molecule has 1 atom stereocenters. The molecule has 0 spiro atoms. The molecular formula is C12H18ClNO3S. The fourth-order valence-corrected chi connectivity index (χ4v) is 2.74. The zero-order chi connectivity index (χ0) is 13.8. The molecule has 1 unspecified atom stereocenters. The average molecular weight is 292 g/mol. The molecule has 0 saturated carbocycles. The van der Waals surface area contributed by atoms with Crippen molar-refractivity contribution in [3.63, 3.8) is 0 Å². The van der Waals surface area contributed by atoms with Crippen LogP contribution in [0.3, 0.4) is 0 Å². The Bertz CT molecular complexity index is 502. The molecule has 2 N–H and O–H groups in total. The molecule has 0 aromatic heterocycles. The summed E-state index contributed by atoms with van der Waals surface area (Å²) < 4.78 is 27.3. The van der Waals surface area contributed by atoms with E-state index < -0.39 is 10.0 Å². The quantitative estimate of drug-likeness (QED) is 0.873. The van der Waals surface area contributed by atoms with Gasteiger partial charge in [0.15, 0.2) is 0 Å². The zero-order valence-electron chi connectivity index (χ0n) is 10.5. The highest BCUT2D eigenvalue weighted by atomic mass is 35.5. The summed E-state index contributed by atoms with van der Waals surface area (Å²) in [6, 6.07) is 5.41. The second kappa shape index (κ2) is 6.41. The first-order chi connectivity index (χ1) is 8.31. The van der Waals surface area contributed by atoms with Gasteiger partial charge in [0.05, 0.1) is 12.4 Å². The molecule has 0 amide bonds. The maximum atomic E-state index is 10.9. The number of nitrogens with two attached hydrogens (primary N) is 1. The van der Waals surface area contributed by atoms with Crippen LogP contribution in [0.5, 0.6) is 5.75 Å². The summed E-state index contributed by atoms with van der Waals surface area (Å²) in [5, 5.41) is 5.68. The molecule has 0 aliphatic rings. The number of aryl methyl sites for hydroxylation is 1. The molecule has 0 heterocycles. The highest BCUT2D eigenvalue weighted by Crippen LogP contribution is 2.22. The Labute approximate surface area is 113 Å². The van der Waals surface area contributed by atoms with Crippen LogP contribution in [-0.4, -0.2) is 20.8 Å². The molecule has 0 bridgehead atoms. The normalized spacial score (nSPS) is 13.3. The Morgan fingerprint density at radius 3 is 2.67 bits per heavy atom. The lowest BCUT2D eigenvalue weighted by Crippen LogP contribution is -2.25. The van der Waals surface area contributed by atoms with Gasteiger partial charge in [-0.2, -0.15) is 0 Å². The molecule has 0 radical (unpaired) electrons. The molecular weight excluding hydrogens is 274 g/mol. The van der Waals surface area contributed by atoms with E-state index in [0.717, 1.165) is 12.0 Å². The molecule has 102 valence electrons. The number of hydrogen-bond acceptors (Lipinski definition) is 3. The number of hydrogen-bond donors (Lipinski definition) is 1. The number of halogens is 1. The number of rotatable bonds is 6. The van der Waals surface area contributed by atoms with E-state index in [9.17, 15) is 8.42 Å². The van der Waals surface area contributed by atoms with Gasteiger partial charge in [-0.05, 0) is 30.2 Å². The van der Waals surface area contributed by atoms with Crippen molar-refractivity contribution in [1.29, 1.82) is 0 Å². The van der Waals surface area contributed by atoms with E-state index in [0.29, 0.717) is 17.4 Å². The van der Waals surface area contributed by atoms with E-state index in [4.69, 9.17) is 21.5 Å².